The number of hydrazine groups is 1. The maximum absolute atomic E-state index is 13.4. The fourth-order valence-electron chi connectivity index (χ4n) is 4.43. The van der Waals surface area contributed by atoms with Gasteiger partial charge in [-0.05, 0) is 12.0 Å². The van der Waals surface area contributed by atoms with E-state index in [2.05, 4.69) is 23.1 Å². The highest BCUT2D eigenvalue weighted by molar-refractivity contribution is 6.12. The lowest BCUT2D eigenvalue weighted by Gasteiger charge is -2.20. The van der Waals surface area contributed by atoms with Crippen LogP contribution < -0.4 is 30.4 Å². The monoisotopic (exact) mass is 555 g/mol. The lowest BCUT2D eigenvalue weighted by molar-refractivity contribution is -0.133. The molecule has 40 heavy (non-hydrogen) atoms. The average Bonchev–Trinajstić information content (AvgIpc) is 2.97. The van der Waals surface area contributed by atoms with Crippen molar-refractivity contribution in [1.82, 2.24) is 10.9 Å². The third-order valence-corrected chi connectivity index (χ3v) is 6.70. The van der Waals surface area contributed by atoms with Gasteiger partial charge in [0.05, 0.1) is 21.3 Å². The number of benzene rings is 2. The molecule has 2 aromatic carbocycles. The molecule has 0 aliphatic rings. The SMILES string of the molecule is CCCCCCCCCCCCC(=O)NNC(=O)C(C(=O)Nc1c(OC)cc(OC)cc1OC)c1ccccc1. The zero-order chi connectivity index (χ0) is 29.2. The fraction of sp³-hybridized carbons (Fsp3) is 0.516. The highest BCUT2D eigenvalue weighted by Gasteiger charge is 2.30. The first kappa shape index (κ1) is 32.5. The summed E-state index contributed by atoms with van der Waals surface area (Å²) in [6.07, 6.45) is 12.0. The zero-order valence-electron chi connectivity index (χ0n) is 24.3. The van der Waals surface area contributed by atoms with Gasteiger partial charge >= 0.3 is 0 Å². The normalized spacial score (nSPS) is 11.3. The van der Waals surface area contributed by atoms with E-state index >= 15 is 0 Å². The number of anilines is 1. The van der Waals surface area contributed by atoms with Crippen LogP contribution in [0.25, 0.3) is 0 Å². The van der Waals surface area contributed by atoms with Gasteiger partial charge in [0.2, 0.25) is 11.8 Å². The Morgan fingerprint density at radius 3 is 1.77 bits per heavy atom. The van der Waals surface area contributed by atoms with E-state index in [9.17, 15) is 14.4 Å². The van der Waals surface area contributed by atoms with Crippen molar-refractivity contribution < 1.29 is 28.6 Å². The second-order valence-corrected chi connectivity index (χ2v) is 9.71. The molecule has 1 unspecified atom stereocenters. The van der Waals surface area contributed by atoms with Crippen LogP contribution in [0.3, 0.4) is 0 Å². The van der Waals surface area contributed by atoms with Gasteiger partial charge in [-0.3, -0.25) is 25.2 Å². The van der Waals surface area contributed by atoms with Crippen molar-refractivity contribution >= 4 is 23.4 Å². The van der Waals surface area contributed by atoms with E-state index in [1.54, 1.807) is 42.5 Å². The average molecular weight is 556 g/mol. The van der Waals surface area contributed by atoms with Gasteiger partial charge in [-0.25, -0.2) is 0 Å². The van der Waals surface area contributed by atoms with Crippen LogP contribution >= 0.6 is 0 Å². The molecule has 2 aromatic rings. The number of hydrogen-bond acceptors (Lipinski definition) is 6. The Hall–Kier alpha value is -3.75. The first-order chi connectivity index (χ1) is 19.4. The highest BCUT2D eigenvalue weighted by atomic mass is 16.5. The summed E-state index contributed by atoms with van der Waals surface area (Å²) in [6, 6.07) is 11.8. The molecule has 0 aliphatic carbocycles. The molecule has 0 bridgehead atoms. The topological polar surface area (TPSA) is 115 Å². The molecular formula is C31H45N3O6. The number of amides is 3. The molecule has 0 heterocycles. The van der Waals surface area contributed by atoms with E-state index in [-0.39, 0.29) is 11.6 Å². The number of carbonyl (C=O) groups excluding carboxylic acids is 3. The summed E-state index contributed by atoms with van der Waals surface area (Å²) in [7, 11) is 4.41. The molecule has 0 spiro atoms. The zero-order valence-corrected chi connectivity index (χ0v) is 24.3. The second kappa shape index (κ2) is 18.5. The van der Waals surface area contributed by atoms with E-state index < -0.39 is 17.7 Å². The third kappa shape index (κ3) is 10.8. The second-order valence-electron chi connectivity index (χ2n) is 9.71. The number of unbranched alkanes of at least 4 members (excludes halogenated alkanes) is 9. The minimum atomic E-state index is -1.24. The van der Waals surface area contributed by atoms with E-state index in [0.29, 0.717) is 29.2 Å². The Kier molecular flexibility index (Phi) is 15.0. The maximum atomic E-state index is 13.4. The van der Waals surface area contributed by atoms with E-state index in [4.69, 9.17) is 14.2 Å². The Morgan fingerprint density at radius 2 is 1.25 bits per heavy atom. The van der Waals surface area contributed by atoms with Gasteiger partial charge in [0.25, 0.3) is 5.91 Å². The van der Waals surface area contributed by atoms with Crippen molar-refractivity contribution in [2.45, 2.75) is 83.5 Å². The summed E-state index contributed by atoms with van der Waals surface area (Å²) in [6.45, 7) is 2.22. The molecule has 0 aliphatic heterocycles. The Balaban J connectivity index is 1.93. The molecule has 0 radical (unpaired) electrons. The van der Waals surface area contributed by atoms with Crippen LogP contribution in [0.1, 0.15) is 89.0 Å². The molecule has 0 saturated heterocycles. The van der Waals surface area contributed by atoms with Crippen LogP contribution in [0.15, 0.2) is 42.5 Å². The first-order valence-corrected chi connectivity index (χ1v) is 14.2. The summed E-state index contributed by atoms with van der Waals surface area (Å²) in [4.78, 5) is 39.0. The van der Waals surface area contributed by atoms with E-state index in [1.807, 2.05) is 0 Å². The third-order valence-electron chi connectivity index (χ3n) is 6.70. The molecular weight excluding hydrogens is 510 g/mol. The van der Waals surface area contributed by atoms with Gasteiger partial charge in [0.15, 0.2) is 0 Å². The molecule has 2 rings (SSSR count). The van der Waals surface area contributed by atoms with Crippen LogP contribution in [0.4, 0.5) is 5.69 Å². The quantitative estimate of drug-likeness (QED) is 0.120. The number of methoxy groups -OCH3 is 3. The minimum absolute atomic E-state index is 0.259. The molecule has 0 fully saturated rings. The van der Waals surface area contributed by atoms with Gasteiger partial charge < -0.3 is 19.5 Å². The molecule has 1 atom stereocenters. The van der Waals surface area contributed by atoms with Crippen molar-refractivity contribution in [3.63, 3.8) is 0 Å². The number of nitrogens with one attached hydrogen (secondary N) is 3. The maximum Gasteiger partial charge on any atom is 0.255 e. The summed E-state index contributed by atoms with van der Waals surface area (Å²) in [5.74, 6) is -1.72. The standard InChI is InChI=1S/C31H45N3O6/c1-5-6-7-8-9-10-11-12-13-17-20-27(35)33-34-31(37)28(23-18-15-14-16-19-23)30(36)32-29-25(39-3)21-24(38-2)22-26(29)40-4/h14-16,18-19,21-22,28H,5-13,17,20H2,1-4H3,(H,32,36)(H,33,35)(H,34,37). The lowest BCUT2D eigenvalue weighted by Crippen LogP contribution is -2.46. The Morgan fingerprint density at radius 1 is 0.700 bits per heavy atom. The molecule has 3 N–H and O–H groups in total. The number of hydrogen-bond donors (Lipinski definition) is 3. The van der Waals surface area contributed by atoms with Gasteiger partial charge in [-0.15, -0.1) is 0 Å². The molecule has 9 heteroatoms. The largest absolute Gasteiger partial charge is 0.496 e. The summed E-state index contributed by atoms with van der Waals surface area (Å²) >= 11 is 0. The van der Waals surface area contributed by atoms with Crippen LogP contribution in [0, 0.1) is 0 Å². The van der Waals surface area contributed by atoms with Crippen molar-refractivity contribution in [3.8, 4) is 17.2 Å². The van der Waals surface area contributed by atoms with E-state index in [0.717, 1.165) is 19.3 Å². The lowest BCUT2D eigenvalue weighted by atomic mass is 9.97. The van der Waals surface area contributed by atoms with Crippen molar-refractivity contribution in [1.29, 1.82) is 0 Å². The molecule has 9 nitrogen and oxygen atoms in total. The van der Waals surface area contributed by atoms with Gasteiger partial charge in [-0.2, -0.15) is 0 Å². The minimum Gasteiger partial charge on any atom is -0.496 e. The van der Waals surface area contributed by atoms with Crippen LogP contribution in [-0.2, 0) is 14.4 Å². The molecule has 220 valence electrons. The Bertz CT molecular complexity index is 1040. The van der Waals surface area contributed by atoms with Crippen LogP contribution in [0.5, 0.6) is 17.2 Å². The Labute approximate surface area is 238 Å². The smallest absolute Gasteiger partial charge is 0.255 e. The van der Waals surface area contributed by atoms with Gasteiger partial charge in [0.1, 0.15) is 28.9 Å². The molecule has 3 amide bonds. The number of rotatable bonds is 18. The predicted molar refractivity (Wildman–Crippen MR) is 157 cm³/mol. The molecule has 0 saturated carbocycles. The van der Waals surface area contributed by atoms with Crippen molar-refractivity contribution in [2.75, 3.05) is 26.6 Å². The van der Waals surface area contributed by atoms with Crippen molar-refractivity contribution in [2.24, 2.45) is 0 Å². The van der Waals surface area contributed by atoms with Gasteiger partial charge in [0, 0.05) is 18.6 Å². The van der Waals surface area contributed by atoms with Crippen LogP contribution in [-0.4, -0.2) is 39.1 Å². The predicted octanol–water partition coefficient (Wildman–Crippen LogP) is 5.89. The number of carbonyl (C=O) groups is 3. The highest BCUT2D eigenvalue weighted by Crippen LogP contribution is 2.39. The summed E-state index contributed by atoms with van der Waals surface area (Å²) in [5, 5.41) is 2.75. The fourth-order valence-corrected chi connectivity index (χ4v) is 4.43. The van der Waals surface area contributed by atoms with Crippen molar-refractivity contribution in [3.05, 3.63) is 48.0 Å². The number of ether oxygens (including phenoxy) is 3. The van der Waals surface area contributed by atoms with E-state index in [1.165, 1.54) is 66.3 Å². The summed E-state index contributed by atoms with van der Waals surface area (Å²) < 4.78 is 16.1. The summed E-state index contributed by atoms with van der Waals surface area (Å²) in [5.41, 5.74) is 5.61. The first-order valence-electron chi connectivity index (χ1n) is 14.2. The van der Waals surface area contributed by atoms with Gasteiger partial charge in [-0.1, -0.05) is 95.0 Å². The molecule has 0 aromatic heterocycles. The van der Waals surface area contributed by atoms with Crippen LogP contribution in [0.2, 0.25) is 0 Å².